The summed E-state index contributed by atoms with van der Waals surface area (Å²) in [4.78, 5) is 15.3. The van der Waals surface area contributed by atoms with Crippen molar-refractivity contribution in [1.82, 2.24) is 4.90 Å². The summed E-state index contributed by atoms with van der Waals surface area (Å²) >= 11 is 0. The molecule has 5 heteroatoms. The molecule has 1 saturated heterocycles. The summed E-state index contributed by atoms with van der Waals surface area (Å²) in [5.41, 5.74) is 2.85. The van der Waals surface area contributed by atoms with Crippen LogP contribution in [-0.2, 0) is 6.54 Å². The van der Waals surface area contributed by atoms with Gasteiger partial charge in [0.05, 0.1) is 21.3 Å². The normalized spacial score (nSPS) is 17.2. The van der Waals surface area contributed by atoms with Crippen LogP contribution >= 0.6 is 0 Å². The number of methoxy groups -OCH3 is 3. The molecule has 0 amide bonds. The third-order valence-electron chi connectivity index (χ3n) is 5.49. The van der Waals surface area contributed by atoms with Gasteiger partial charge in [-0.05, 0) is 44.5 Å². The van der Waals surface area contributed by atoms with Crippen LogP contribution in [0.15, 0.2) is 36.4 Å². The lowest BCUT2D eigenvalue weighted by molar-refractivity contribution is 0.0810. The number of rotatable bonds is 7. The fourth-order valence-corrected chi connectivity index (χ4v) is 4.03. The first-order valence-corrected chi connectivity index (χ1v) is 9.68. The number of hydrogen-bond donors (Lipinski definition) is 0. The molecule has 1 atom stereocenters. The number of carbonyl (C=O) groups is 1. The first-order valence-electron chi connectivity index (χ1n) is 9.68. The summed E-state index contributed by atoms with van der Waals surface area (Å²) in [7, 11) is 4.98. The Hall–Kier alpha value is -2.53. The molecule has 0 aliphatic carbocycles. The molecule has 0 aromatic heterocycles. The van der Waals surface area contributed by atoms with Crippen molar-refractivity contribution in [1.29, 1.82) is 0 Å². The Morgan fingerprint density at radius 2 is 1.93 bits per heavy atom. The molecule has 0 saturated carbocycles. The summed E-state index contributed by atoms with van der Waals surface area (Å²) in [6, 6.07) is 11.5. The van der Waals surface area contributed by atoms with Gasteiger partial charge in [0.2, 0.25) is 0 Å². The Morgan fingerprint density at radius 3 is 2.64 bits per heavy atom. The Bertz CT molecular complexity index is 833. The van der Waals surface area contributed by atoms with E-state index in [0.29, 0.717) is 0 Å². The molecular weight excluding hydrogens is 354 g/mol. The number of Topliss-reactive ketones (excluding diaryl/α,β-unsaturated/α-hetero) is 1. The van der Waals surface area contributed by atoms with Crippen LogP contribution in [-0.4, -0.2) is 45.1 Å². The first kappa shape index (κ1) is 20.2. The number of carbonyl (C=O) groups excluding carboxylic acids is 1. The quantitative estimate of drug-likeness (QED) is 0.673. The summed E-state index contributed by atoms with van der Waals surface area (Å²) in [6.07, 6.45) is 1.93. The van der Waals surface area contributed by atoms with Crippen molar-refractivity contribution in [2.24, 2.45) is 5.92 Å². The largest absolute Gasteiger partial charge is 0.497 e. The smallest absolute Gasteiger partial charge is 0.167 e. The van der Waals surface area contributed by atoms with E-state index in [1.54, 1.807) is 21.3 Å². The van der Waals surface area contributed by atoms with E-state index in [1.807, 2.05) is 37.3 Å². The zero-order chi connectivity index (χ0) is 20.1. The van der Waals surface area contributed by atoms with Gasteiger partial charge in [0.15, 0.2) is 5.78 Å². The zero-order valence-electron chi connectivity index (χ0n) is 17.2. The lowest BCUT2D eigenvalue weighted by Crippen LogP contribution is -2.38. The van der Waals surface area contributed by atoms with E-state index in [4.69, 9.17) is 14.2 Å². The highest BCUT2D eigenvalue weighted by molar-refractivity contribution is 5.98. The molecule has 2 aromatic rings. The predicted molar refractivity (Wildman–Crippen MR) is 110 cm³/mol. The standard InChI is InChI=1S/C23H29NO4/c1-16-21(27-3)11-10-19(23(16)28-4)15-24-12-6-8-18(14-24)22(25)17-7-5-9-20(13-17)26-2/h5,7,9-11,13,18H,6,8,12,14-15H2,1-4H3/t18-/m0/s1. The second-order valence-corrected chi connectivity index (χ2v) is 7.26. The van der Waals surface area contributed by atoms with Crippen LogP contribution in [0.5, 0.6) is 17.2 Å². The molecule has 1 heterocycles. The van der Waals surface area contributed by atoms with Gasteiger partial charge < -0.3 is 14.2 Å². The van der Waals surface area contributed by atoms with Crippen LogP contribution in [0.3, 0.4) is 0 Å². The highest BCUT2D eigenvalue weighted by Gasteiger charge is 2.27. The van der Waals surface area contributed by atoms with Gasteiger partial charge in [-0.2, -0.15) is 0 Å². The van der Waals surface area contributed by atoms with Crippen molar-refractivity contribution < 1.29 is 19.0 Å². The van der Waals surface area contributed by atoms with Crippen LogP contribution in [0, 0.1) is 12.8 Å². The van der Waals surface area contributed by atoms with Gasteiger partial charge in [-0.25, -0.2) is 0 Å². The van der Waals surface area contributed by atoms with Gasteiger partial charge in [0, 0.05) is 35.7 Å². The predicted octanol–water partition coefficient (Wildman–Crippen LogP) is 4.12. The number of likely N-dealkylation sites (tertiary alicyclic amines) is 1. The van der Waals surface area contributed by atoms with Gasteiger partial charge in [-0.15, -0.1) is 0 Å². The minimum Gasteiger partial charge on any atom is -0.497 e. The number of benzene rings is 2. The molecule has 0 bridgehead atoms. The Kier molecular flexibility index (Phi) is 6.57. The molecular formula is C23H29NO4. The molecule has 0 N–H and O–H groups in total. The molecule has 3 rings (SSSR count). The van der Waals surface area contributed by atoms with Crippen molar-refractivity contribution in [2.75, 3.05) is 34.4 Å². The third-order valence-corrected chi connectivity index (χ3v) is 5.49. The molecule has 2 aromatic carbocycles. The summed E-state index contributed by atoms with van der Waals surface area (Å²) in [5, 5.41) is 0. The number of ether oxygens (including phenoxy) is 3. The van der Waals surface area contributed by atoms with Crippen LogP contribution in [0.1, 0.15) is 34.3 Å². The average Bonchev–Trinajstić information content (AvgIpc) is 2.74. The van der Waals surface area contributed by atoms with Crippen LogP contribution in [0.2, 0.25) is 0 Å². The fourth-order valence-electron chi connectivity index (χ4n) is 4.03. The van der Waals surface area contributed by atoms with E-state index >= 15 is 0 Å². The Labute approximate surface area is 167 Å². The minimum atomic E-state index is 0.00574. The average molecular weight is 383 g/mol. The molecule has 0 radical (unpaired) electrons. The number of nitrogens with zero attached hydrogens (tertiary/aromatic N) is 1. The lowest BCUT2D eigenvalue weighted by Gasteiger charge is -2.32. The third kappa shape index (κ3) is 4.30. The van der Waals surface area contributed by atoms with E-state index in [1.165, 1.54) is 0 Å². The molecule has 1 fully saturated rings. The van der Waals surface area contributed by atoms with E-state index in [2.05, 4.69) is 11.0 Å². The lowest BCUT2D eigenvalue weighted by atomic mass is 9.89. The van der Waals surface area contributed by atoms with Gasteiger partial charge in [-0.1, -0.05) is 18.2 Å². The van der Waals surface area contributed by atoms with Crippen LogP contribution in [0.4, 0.5) is 0 Å². The van der Waals surface area contributed by atoms with E-state index in [0.717, 1.165) is 66.4 Å². The van der Waals surface area contributed by atoms with Crippen molar-refractivity contribution in [3.05, 3.63) is 53.1 Å². The highest BCUT2D eigenvalue weighted by atomic mass is 16.5. The van der Waals surface area contributed by atoms with Crippen molar-refractivity contribution in [3.8, 4) is 17.2 Å². The zero-order valence-corrected chi connectivity index (χ0v) is 17.2. The molecule has 5 nitrogen and oxygen atoms in total. The second kappa shape index (κ2) is 9.11. The maximum absolute atomic E-state index is 13.0. The fraction of sp³-hybridized carbons (Fsp3) is 0.435. The molecule has 1 aliphatic rings. The van der Waals surface area contributed by atoms with Gasteiger partial charge in [0.25, 0.3) is 0 Å². The van der Waals surface area contributed by atoms with Crippen LogP contribution in [0.25, 0.3) is 0 Å². The van der Waals surface area contributed by atoms with E-state index in [-0.39, 0.29) is 11.7 Å². The summed E-state index contributed by atoms with van der Waals surface area (Å²) in [5.74, 6) is 2.61. The molecule has 0 unspecified atom stereocenters. The Balaban J connectivity index is 1.73. The van der Waals surface area contributed by atoms with Gasteiger partial charge >= 0.3 is 0 Å². The second-order valence-electron chi connectivity index (χ2n) is 7.26. The number of hydrogen-bond acceptors (Lipinski definition) is 5. The van der Waals surface area contributed by atoms with Crippen molar-refractivity contribution >= 4 is 5.78 Å². The number of ketones is 1. The molecule has 1 aliphatic heterocycles. The Morgan fingerprint density at radius 1 is 1.11 bits per heavy atom. The van der Waals surface area contributed by atoms with Crippen molar-refractivity contribution in [3.63, 3.8) is 0 Å². The number of piperidine rings is 1. The molecule has 150 valence electrons. The van der Waals surface area contributed by atoms with Gasteiger partial charge in [-0.3, -0.25) is 9.69 Å². The van der Waals surface area contributed by atoms with Crippen molar-refractivity contribution in [2.45, 2.75) is 26.3 Å². The topological polar surface area (TPSA) is 48.0 Å². The minimum absolute atomic E-state index is 0.00574. The van der Waals surface area contributed by atoms with Crippen LogP contribution < -0.4 is 14.2 Å². The highest BCUT2D eigenvalue weighted by Crippen LogP contribution is 2.33. The summed E-state index contributed by atoms with van der Waals surface area (Å²) < 4.78 is 16.3. The van der Waals surface area contributed by atoms with E-state index < -0.39 is 0 Å². The summed E-state index contributed by atoms with van der Waals surface area (Å²) in [6.45, 7) is 4.50. The molecule has 0 spiro atoms. The SMILES string of the molecule is COc1cccc(C(=O)[C@H]2CCCN(Cc3ccc(OC)c(C)c3OC)C2)c1. The van der Waals surface area contributed by atoms with Gasteiger partial charge in [0.1, 0.15) is 17.2 Å². The maximum atomic E-state index is 13.0. The monoisotopic (exact) mass is 383 g/mol. The maximum Gasteiger partial charge on any atom is 0.167 e. The first-order chi connectivity index (χ1) is 13.6. The molecule has 28 heavy (non-hydrogen) atoms. The van der Waals surface area contributed by atoms with E-state index in [9.17, 15) is 4.79 Å².